The van der Waals surface area contributed by atoms with Crippen molar-refractivity contribution in [3.05, 3.63) is 18.3 Å². The lowest BCUT2D eigenvalue weighted by Crippen LogP contribution is -2.38. The van der Waals surface area contributed by atoms with Crippen LogP contribution in [0.5, 0.6) is 0 Å². The Morgan fingerprint density at radius 1 is 1.59 bits per heavy atom. The van der Waals surface area contributed by atoms with Crippen molar-refractivity contribution in [1.29, 1.82) is 0 Å². The van der Waals surface area contributed by atoms with Crippen molar-refractivity contribution in [1.82, 2.24) is 19.7 Å². The fourth-order valence-electron chi connectivity index (χ4n) is 1.45. The van der Waals surface area contributed by atoms with E-state index in [4.69, 9.17) is 15.0 Å². The Morgan fingerprint density at radius 3 is 2.94 bits per heavy atom. The highest BCUT2D eigenvalue weighted by atomic mass is 16.5. The minimum Gasteiger partial charge on any atom is -0.382 e. The third kappa shape index (κ3) is 2.34. The quantitative estimate of drug-likeness (QED) is 0.821. The number of hydrogen-bond donors (Lipinski definition) is 1. The first kappa shape index (κ1) is 11.7. The number of rotatable bonds is 4. The number of hydrogen-bond acceptors (Lipinski definition) is 6. The highest BCUT2D eigenvalue weighted by Crippen LogP contribution is 2.19. The van der Waals surface area contributed by atoms with Gasteiger partial charge in [0.15, 0.2) is 5.82 Å². The molecule has 0 amide bonds. The largest absolute Gasteiger partial charge is 0.382 e. The van der Waals surface area contributed by atoms with E-state index in [-0.39, 0.29) is 0 Å². The van der Waals surface area contributed by atoms with Gasteiger partial charge in [-0.1, -0.05) is 5.16 Å². The van der Waals surface area contributed by atoms with E-state index in [1.54, 1.807) is 31.1 Å². The van der Waals surface area contributed by atoms with Crippen molar-refractivity contribution in [3.63, 3.8) is 0 Å². The fourth-order valence-corrected chi connectivity index (χ4v) is 1.45. The molecule has 92 valence electrons. The molecule has 0 fully saturated rings. The van der Waals surface area contributed by atoms with Gasteiger partial charge in [0.2, 0.25) is 0 Å². The topological polar surface area (TPSA) is 92.0 Å². The summed E-state index contributed by atoms with van der Waals surface area (Å²) in [6, 6.07) is 0. The summed E-state index contributed by atoms with van der Waals surface area (Å²) < 4.78 is 11.9. The molecule has 17 heavy (non-hydrogen) atoms. The minimum atomic E-state index is -0.773. The van der Waals surface area contributed by atoms with Crippen LogP contribution in [0.15, 0.2) is 17.0 Å². The third-order valence-electron chi connectivity index (χ3n) is 2.31. The van der Waals surface area contributed by atoms with Gasteiger partial charge in [-0.05, 0) is 6.92 Å². The van der Waals surface area contributed by atoms with Gasteiger partial charge in [0.25, 0.3) is 5.89 Å². The molecule has 7 nitrogen and oxygen atoms in total. The first-order valence-corrected chi connectivity index (χ1v) is 5.13. The van der Waals surface area contributed by atoms with Crippen LogP contribution in [0.1, 0.15) is 12.7 Å². The maximum atomic E-state index is 6.01. The van der Waals surface area contributed by atoms with Gasteiger partial charge in [0.05, 0.1) is 12.9 Å². The monoisotopic (exact) mass is 237 g/mol. The Balaban J connectivity index is 2.27. The molecule has 0 aliphatic heterocycles. The molecule has 0 aliphatic carbocycles. The highest BCUT2D eigenvalue weighted by Gasteiger charge is 2.28. The molecule has 1 unspecified atom stereocenters. The summed E-state index contributed by atoms with van der Waals surface area (Å²) in [7, 11) is 3.44. The molecule has 0 bridgehead atoms. The van der Waals surface area contributed by atoms with E-state index >= 15 is 0 Å². The molecule has 0 radical (unpaired) electrons. The van der Waals surface area contributed by atoms with Crippen molar-refractivity contribution >= 4 is 0 Å². The number of aryl methyl sites for hydroxylation is 1. The van der Waals surface area contributed by atoms with Crippen LogP contribution in [-0.2, 0) is 17.3 Å². The zero-order valence-corrected chi connectivity index (χ0v) is 10.0. The molecule has 0 saturated heterocycles. The molecule has 0 saturated carbocycles. The second-order valence-electron chi connectivity index (χ2n) is 4.20. The Morgan fingerprint density at radius 2 is 2.35 bits per heavy atom. The molecule has 0 spiro atoms. The van der Waals surface area contributed by atoms with Crippen LogP contribution >= 0.6 is 0 Å². The third-order valence-corrected chi connectivity index (χ3v) is 2.31. The highest BCUT2D eigenvalue weighted by molar-refractivity contribution is 5.44. The van der Waals surface area contributed by atoms with Gasteiger partial charge in [-0.15, -0.1) is 0 Å². The zero-order chi connectivity index (χ0) is 12.5. The summed E-state index contributed by atoms with van der Waals surface area (Å²) >= 11 is 0. The summed E-state index contributed by atoms with van der Waals surface area (Å²) in [5.74, 6) is 0.758. The lowest BCUT2D eigenvalue weighted by atomic mass is 10.1. The average molecular weight is 237 g/mol. The van der Waals surface area contributed by atoms with Crippen molar-refractivity contribution in [3.8, 4) is 11.6 Å². The van der Waals surface area contributed by atoms with E-state index in [2.05, 4.69) is 15.1 Å². The summed E-state index contributed by atoms with van der Waals surface area (Å²) in [4.78, 5) is 8.35. The van der Waals surface area contributed by atoms with Crippen LogP contribution in [0.25, 0.3) is 11.6 Å². The van der Waals surface area contributed by atoms with Gasteiger partial charge in [-0.2, -0.15) is 4.98 Å². The smallest absolute Gasteiger partial charge is 0.278 e. The molecule has 2 aromatic rings. The number of aromatic nitrogens is 4. The minimum absolute atomic E-state index is 0.314. The van der Waals surface area contributed by atoms with Crippen LogP contribution in [0, 0.1) is 0 Å². The van der Waals surface area contributed by atoms with E-state index in [1.807, 2.05) is 7.05 Å². The lowest BCUT2D eigenvalue weighted by Gasteiger charge is -2.18. The molecule has 1 atom stereocenters. The van der Waals surface area contributed by atoms with Gasteiger partial charge in [0, 0.05) is 20.4 Å². The molecular weight excluding hydrogens is 222 g/mol. The number of nitrogens with zero attached hydrogens (tertiary/aromatic N) is 4. The Hall–Kier alpha value is -1.73. The van der Waals surface area contributed by atoms with Gasteiger partial charge >= 0.3 is 0 Å². The maximum absolute atomic E-state index is 6.01. The van der Waals surface area contributed by atoms with Crippen LogP contribution < -0.4 is 5.73 Å². The second kappa shape index (κ2) is 4.27. The second-order valence-corrected chi connectivity index (χ2v) is 4.20. The van der Waals surface area contributed by atoms with Gasteiger partial charge in [0.1, 0.15) is 11.2 Å². The fraction of sp³-hybridized carbons (Fsp3) is 0.500. The lowest BCUT2D eigenvalue weighted by molar-refractivity contribution is 0.135. The summed E-state index contributed by atoms with van der Waals surface area (Å²) in [6.45, 7) is 2.09. The molecule has 7 heteroatoms. The molecular formula is C10H15N5O2. The van der Waals surface area contributed by atoms with E-state index in [0.29, 0.717) is 24.0 Å². The van der Waals surface area contributed by atoms with Crippen LogP contribution in [0.2, 0.25) is 0 Å². The summed E-state index contributed by atoms with van der Waals surface area (Å²) in [5.41, 5.74) is 5.86. The van der Waals surface area contributed by atoms with Gasteiger partial charge in [-0.3, -0.25) is 0 Å². The number of imidazole rings is 1. The number of nitrogens with two attached hydrogens (primary N) is 1. The predicted octanol–water partition coefficient (Wildman–Crippen LogP) is 0.290. The molecule has 0 aliphatic rings. The Bertz CT molecular complexity index is 502. The summed E-state index contributed by atoms with van der Waals surface area (Å²) in [6.07, 6.45) is 3.46. The number of methoxy groups -OCH3 is 1. The van der Waals surface area contributed by atoms with Gasteiger partial charge in [-0.25, -0.2) is 4.98 Å². The normalized spacial score (nSPS) is 14.8. The van der Waals surface area contributed by atoms with Crippen LogP contribution in [-0.4, -0.2) is 33.4 Å². The molecule has 2 rings (SSSR count). The van der Waals surface area contributed by atoms with E-state index in [1.165, 1.54) is 0 Å². The standard InChI is InChI=1S/C10H15N5O2/c1-10(11,5-16-3)9-13-8(17-14-9)7-4-15(2)6-12-7/h4,6H,5,11H2,1-3H3. The molecule has 2 heterocycles. The van der Waals surface area contributed by atoms with E-state index < -0.39 is 5.54 Å². The first-order chi connectivity index (χ1) is 8.03. The maximum Gasteiger partial charge on any atom is 0.278 e. The first-order valence-electron chi connectivity index (χ1n) is 5.13. The molecule has 0 aromatic carbocycles. The van der Waals surface area contributed by atoms with Crippen molar-refractivity contribution < 1.29 is 9.26 Å². The SMILES string of the molecule is COCC(C)(N)c1noc(-c2cn(C)cn2)n1. The number of ether oxygens (including phenoxy) is 1. The molecule has 2 N–H and O–H groups in total. The van der Waals surface area contributed by atoms with E-state index in [0.717, 1.165) is 0 Å². The Kier molecular flexibility index (Phi) is 2.95. The predicted molar refractivity (Wildman–Crippen MR) is 59.9 cm³/mol. The van der Waals surface area contributed by atoms with Crippen molar-refractivity contribution in [2.24, 2.45) is 12.8 Å². The molecule has 2 aromatic heterocycles. The van der Waals surface area contributed by atoms with Crippen LogP contribution in [0.3, 0.4) is 0 Å². The van der Waals surface area contributed by atoms with Crippen molar-refractivity contribution in [2.75, 3.05) is 13.7 Å². The van der Waals surface area contributed by atoms with Crippen LogP contribution in [0.4, 0.5) is 0 Å². The van der Waals surface area contributed by atoms with Gasteiger partial charge < -0.3 is 19.6 Å². The summed E-state index contributed by atoms with van der Waals surface area (Å²) in [5, 5.41) is 3.85. The zero-order valence-electron chi connectivity index (χ0n) is 10.0. The van der Waals surface area contributed by atoms with Crippen molar-refractivity contribution in [2.45, 2.75) is 12.5 Å². The van der Waals surface area contributed by atoms with E-state index in [9.17, 15) is 0 Å². The Labute approximate surface area is 98.6 Å². The average Bonchev–Trinajstić information content (AvgIpc) is 2.85.